The first-order chi connectivity index (χ1) is 19.9. The van der Waals surface area contributed by atoms with Gasteiger partial charge in [-0.15, -0.1) is 22.7 Å². The summed E-state index contributed by atoms with van der Waals surface area (Å²) in [6.07, 6.45) is 3.82. The number of hydrogen-bond donors (Lipinski definition) is 1. The van der Waals surface area contributed by atoms with Gasteiger partial charge >= 0.3 is 5.97 Å². The third kappa shape index (κ3) is 4.65. The molecule has 0 spiro atoms. The van der Waals surface area contributed by atoms with Gasteiger partial charge in [-0.2, -0.15) is 10.1 Å². The Morgan fingerprint density at radius 1 is 0.927 bits per heavy atom. The van der Waals surface area contributed by atoms with E-state index < -0.39 is 11.9 Å². The second kappa shape index (κ2) is 10.1. The molecule has 0 bridgehead atoms. The number of fused-ring (bicyclic) bond motifs is 2. The Labute approximate surface area is 245 Å². The fraction of sp³-hybridized carbons (Fsp3) is 0.121. The van der Waals surface area contributed by atoms with E-state index in [4.69, 9.17) is 0 Å². The van der Waals surface area contributed by atoms with Crippen LogP contribution in [0.15, 0.2) is 95.6 Å². The van der Waals surface area contributed by atoms with E-state index in [-0.39, 0.29) is 11.3 Å². The number of aryl methyl sites for hydroxylation is 2. The molecular weight excluding hydrogens is 551 g/mol. The molecule has 1 amide bonds. The van der Waals surface area contributed by atoms with E-state index in [0.717, 1.165) is 38.7 Å². The van der Waals surface area contributed by atoms with Gasteiger partial charge in [0, 0.05) is 37.1 Å². The topological polar surface area (TPSA) is 73.2 Å². The molecule has 2 aliphatic rings. The highest BCUT2D eigenvalue weighted by molar-refractivity contribution is 7.29. The average Bonchev–Trinajstić information content (AvgIpc) is 3.65. The van der Waals surface area contributed by atoms with Gasteiger partial charge in [0.25, 0.3) is 5.91 Å². The Balaban J connectivity index is 1.17. The number of hydrogen-bond acceptors (Lipinski definition) is 6. The molecule has 0 saturated carbocycles. The molecule has 41 heavy (non-hydrogen) atoms. The predicted molar refractivity (Wildman–Crippen MR) is 169 cm³/mol. The van der Waals surface area contributed by atoms with Crippen molar-refractivity contribution >= 4 is 72.8 Å². The van der Waals surface area contributed by atoms with Gasteiger partial charge in [-0.05, 0) is 85.5 Å². The van der Waals surface area contributed by atoms with Gasteiger partial charge in [-0.1, -0.05) is 42.0 Å². The number of amides is 1. The maximum absolute atomic E-state index is 13.1. The van der Waals surface area contributed by atoms with Gasteiger partial charge in [0.15, 0.2) is 5.71 Å². The largest absolute Gasteiger partial charge is 0.476 e. The molecule has 2 aromatic heterocycles. The molecule has 4 heterocycles. The van der Waals surface area contributed by atoms with Crippen LogP contribution in [-0.4, -0.2) is 29.2 Å². The minimum absolute atomic E-state index is 0.0864. The van der Waals surface area contributed by atoms with Crippen molar-refractivity contribution in [3.8, 4) is 10.4 Å². The molecule has 3 aromatic carbocycles. The van der Waals surface area contributed by atoms with E-state index in [2.05, 4.69) is 65.5 Å². The van der Waals surface area contributed by atoms with Gasteiger partial charge in [0.05, 0.1) is 11.3 Å². The lowest BCUT2D eigenvalue weighted by Crippen LogP contribution is -2.24. The quantitative estimate of drug-likeness (QED) is 0.216. The molecule has 0 atom stereocenters. The van der Waals surface area contributed by atoms with Crippen LogP contribution in [0, 0.1) is 6.92 Å². The van der Waals surface area contributed by atoms with Crippen LogP contribution in [0.25, 0.3) is 25.9 Å². The second-order valence-electron chi connectivity index (χ2n) is 10.2. The molecule has 2 aliphatic heterocycles. The summed E-state index contributed by atoms with van der Waals surface area (Å²) in [6.45, 7) is 3.13. The minimum Gasteiger partial charge on any atom is -0.476 e. The van der Waals surface area contributed by atoms with E-state index in [1.807, 2.05) is 12.1 Å². The lowest BCUT2D eigenvalue weighted by molar-refractivity contribution is -0.129. The summed E-state index contributed by atoms with van der Waals surface area (Å²) in [5.41, 5.74) is 6.70. The number of para-hydroxylation sites is 1. The van der Waals surface area contributed by atoms with Crippen LogP contribution in [0.3, 0.4) is 0 Å². The molecule has 0 unspecified atom stereocenters. The number of thiophene rings is 2. The molecule has 8 heteroatoms. The van der Waals surface area contributed by atoms with E-state index in [1.54, 1.807) is 53.0 Å². The molecule has 5 aromatic rings. The Hall–Kier alpha value is -4.53. The van der Waals surface area contributed by atoms with Crippen LogP contribution < -0.4 is 9.91 Å². The van der Waals surface area contributed by atoms with E-state index >= 15 is 0 Å². The van der Waals surface area contributed by atoms with Crippen LogP contribution in [0.5, 0.6) is 0 Å². The zero-order valence-corrected chi connectivity index (χ0v) is 23.8. The highest BCUT2D eigenvalue weighted by Crippen LogP contribution is 2.42. The van der Waals surface area contributed by atoms with E-state index in [1.165, 1.54) is 32.9 Å². The number of aliphatic carboxylic acids is 1. The van der Waals surface area contributed by atoms with Crippen molar-refractivity contribution in [2.45, 2.75) is 19.8 Å². The fourth-order valence-electron chi connectivity index (χ4n) is 5.40. The van der Waals surface area contributed by atoms with Crippen LogP contribution >= 0.6 is 22.7 Å². The zero-order chi connectivity index (χ0) is 28.1. The standard InChI is InChI=1S/C33H25N3O3S2/c1-20-9-12-23(13-10-20)35-15-5-6-21-16-22(11-14-27(21)35)28-19-30-29(41-28)18-25(40-30)17-26-31(33(38)39)34-36(32(26)37)24-7-3-2-4-8-24/h2-4,7-14,16-19H,5-6,15H2,1H3,(H,38,39). The summed E-state index contributed by atoms with van der Waals surface area (Å²) in [7, 11) is 0. The number of rotatable bonds is 5. The lowest BCUT2D eigenvalue weighted by Gasteiger charge is -2.31. The molecule has 7 rings (SSSR count). The Bertz CT molecular complexity index is 1850. The van der Waals surface area contributed by atoms with Crippen LogP contribution in [-0.2, 0) is 16.0 Å². The number of carbonyl (C=O) groups is 2. The summed E-state index contributed by atoms with van der Waals surface area (Å²) in [4.78, 5) is 29.5. The normalized spacial score (nSPS) is 16.0. The summed E-state index contributed by atoms with van der Waals surface area (Å²) < 4.78 is 2.21. The third-order valence-corrected chi connectivity index (χ3v) is 9.71. The fourth-order valence-corrected chi connectivity index (χ4v) is 7.75. The number of nitrogens with zero attached hydrogens (tertiary/aromatic N) is 3. The maximum atomic E-state index is 13.1. The van der Waals surface area contributed by atoms with Crippen molar-refractivity contribution < 1.29 is 14.7 Å². The van der Waals surface area contributed by atoms with Crippen LogP contribution in [0.4, 0.5) is 17.1 Å². The summed E-state index contributed by atoms with van der Waals surface area (Å²) >= 11 is 3.26. The van der Waals surface area contributed by atoms with Crippen LogP contribution in [0.1, 0.15) is 22.4 Å². The number of hydrazone groups is 1. The average molecular weight is 576 g/mol. The highest BCUT2D eigenvalue weighted by Gasteiger charge is 2.35. The molecular formula is C33H25N3O3S2. The van der Waals surface area contributed by atoms with Gasteiger partial charge in [0.2, 0.25) is 0 Å². The summed E-state index contributed by atoms with van der Waals surface area (Å²) in [5, 5.41) is 15.0. The molecule has 0 aliphatic carbocycles. The van der Waals surface area contributed by atoms with E-state index in [0.29, 0.717) is 5.69 Å². The Morgan fingerprint density at radius 3 is 2.46 bits per heavy atom. The maximum Gasteiger partial charge on any atom is 0.357 e. The Kier molecular flexibility index (Phi) is 6.29. The molecule has 0 fully saturated rings. The van der Waals surface area contributed by atoms with Crippen molar-refractivity contribution in [2.24, 2.45) is 5.10 Å². The third-order valence-electron chi connectivity index (χ3n) is 7.42. The Morgan fingerprint density at radius 2 is 1.71 bits per heavy atom. The highest BCUT2D eigenvalue weighted by atomic mass is 32.1. The second-order valence-corrected chi connectivity index (χ2v) is 12.4. The van der Waals surface area contributed by atoms with Gasteiger partial charge in [-0.25, -0.2) is 4.79 Å². The SMILES string of the molecule is Cc1ccc(N2CCCc3cc(-c4cc5sc(C=C6C(=O)N(c7ccccc7)N=C6C(=O)O)cc5s4)ccc32)cc1. The number of carboxylic acids is 1. The lowest BCUT2D eigenvalue weighted by atomic mass is 9.98. The van der Waals surface area contributed by atoms with Crippen molar-refractivity contribution in [1.82, 2.24) is 0 Å². The van der Waals surface area contributed by atoms with Crippen molar-refractivity contribution in [1.29, 1.82) is 0 Å². The van der Waals surface area contributed by atoms with Crippen molar-refractivity contribution in [3.63, 3.8) is 0 Å². The monoisotopic (exact) mass is 575 g/mol. The van der Waals surface area contributed by atoms with Gasteiger partial charge < -0.3 is 10.0 Å². The molecule has 6 nitrogen and oxygen atoms in total. The number of benzene rings is 3. The number of carbonyl (C=O) groups excluding carboxylic acids is 1. The molecule has 1 N–H and O–H groups in total. The molecule has 202 valence electrons. The molecule has 0 radical (unpaired) electrons. The summed E-state index contributed by atoms with van der Waals surface area (Å²) in [5.74, 6) is -1.67. The molecule has 0 saturated heterocycles. The number of anilines is 3. The van der Waals surface area contributed by atoms with Gasteiger partial charge in [-0.3, -0.25) is 4.79 Å². The predicted octanol–water partition coefficient (Wildman–Crippen LogP) is 7.89. The van der Waals surface area contributed by atoms with Gasteiger partial charge in [0.1, 0.15) is 0 Å². The number of carboxylic acid groups (broad SMARTS) is 1. The first-order valence-electron chi connectivity index (χ1n) is 13.4. The zero-order valence-electron chi connectivity index (χ0n) is 22.2. The first-order valence-corrected chi connectivity index (χ1v) is 15.0. The van der Waals surface area contributed by atoms with Crippen molar-refractivity contribution in [2.75, 3.05) is 16.5 Å². The first kappa shape index (κ1) is 25.4. The van der Waals surface area contributed by atoms with E-state index in [9.17, 15) is 14.7 Å². The summed E-state index contributed by atoms with van der Waals surface area (Å²) in [6, 6.07) is 28.6. The van der Waals surface area contributed by atoms with Crippen molar-refractivity contribution in [3.05, 3.63) is 107 Å². The minimum atomic E-state index is -1.22. The van der Waals surface area contributed by atoms with Crippen LogP contribution in [0.2, 0.25) is 0 Å². The smallest absolute Gasteiger partial charge is 0.357 e.